The lowest BCUT2D eigenvalue weighted by Gasteiger charge is -2.21. The van der Waals surface area contributed by atoms with Crippen LogP contribution in [0.25, 0.3) is 33.3 Å². The van der Waals surface area contributed by atoms with Gasteiger partial charge in [-0.25, -0.2) is 4.98 Å². The zero-order valence-corrected chi connectivity index (χ0v) is 20.9. The zero-order valence-electron chi connectivity index (χ0n) is 20.9. The Kier molecular flexibility index (Phi) is 6.27. The second kappa shape index (κ2) is 9.71. The monoisotopic (exact) mass is 504 g/mol. The summed E-state index contributed by atoms with van der Waals surface area (Å²) in [5.74, 6) is 4.89. The van der Waals surface area contributed by atoms with Crippen molar-refractivity contribution in [2.24, 2.45) is 11.5 Å². The summed E-state index contributed by atoms with van der Waals surface area (Å²) >= 11 is 0. The van der Waals surface area contributed by atoms with Crippen LogP contribution in [-0.2, 0) is 0 Å². The normalized spacial score (nSPS) is 10.9. The summed E-state index contributed by atoms with van der Waals surface area (Å²) in [5, 5.41) is 1.13. The average Bonchev–Trinajstić information content (AvgIpc) is 2.91. The number of nitrogens with two attached hydrogens (primary N) is 2. The van der Waals surface area contributed by atoms with Crippen LogP contribution >= 0.6 is 0 Å². The Labute approximate surface area is 218 Å². The third-order valence-electron chi connectivity index (χ3n) is 6.46. The van der Waals surface area contributed by atoms with E-state index in [4.69, 9.17) is 20.9 Å². The molecule has 2 aliphatic rings. The molecule has 0 fully saturated rings. The topological polar surface area (TPSA) is 133 Å². The molecule has 0 bridgehead atoms. The second-order valence-electron chi connectivity index (χ2n) is 8.76. The van der Waals surface area contributed by atoms with Crippen LogP contribution in [0.1, 0.15) is 45.7 Å². The first kappa shape index (κ1) is 24.5. The molecule has 5 rings (SSSR count). The lowest BCUT2D eigenvalue weighted by Crippen LogP contribution is -2.21. The minimum Gasteiger partial charge on any atom is -0.453 e. The minimum absolute atomic E-state index is 0.00615. The Bertz CT molecular complexity index is 1840. The Morgan fingerprint density at radius 2 is 1.53 bits per heavy atom. The Balaban J connectivity index is 1.61. The summed E-state index contributed by atoms with van der Waals surface area (Å²) in [7, 11) is 0. The number of benzene rings is 4. The lowest BCUT2D eigenvalue weighted by atomic mass is 10.0. The SMILES string of the molecule is CCN(CC)c1ccc2nc3c4cc(C#Cc5ccc(C(N)=O)c(C(N)=O)c5)ccc4c(=O)cc-3oc2c1. The van der Waals surface area contributed by atoms with Crippen molar-refractivity contribution < 1.29 is 14.0 Å². The van der Waals surface area contributed by atoms with Crippen molar-refractivity contribution in [1.29, 1.82) is 0 Å². The third kappa shape index (κ3) is 4.42. The minimum atomic E-state index is -0.770. The number of aromatic nitrogens is 1. The number of carbonyl (C=O) groups is 2. The maximum Gasteiger partial charge on any atom is 0.249 e. The number of hydrogen-bond donors (Lipinski definition) is 2. The van der Waals surface area contributed by atoms with Gasteiger partial charge in [-0.05, 0) is 62.4 Å². The number of nitrogens with zero attached hydrogens (tertiary/aromatic N) is 2. The van der Waals surface area contributed by atoms with E-state index in [0.29, 0.717) is 44.5 Å². The van der Waals surface area contributed by atoms with Gasteiger partial charge in [-0.3, -0.25) is 14.4 Å². The van der Waals surface area contributed by atoms with Crippen molar-refractivity contribution in [3.05, 3.63) is 93.1 Å². The van der Waals surface area contributed by atoms with Crippen LogP contribution in [0.5, 0.6) is 0 Å². The molecule has 0 radical (unpaired) electrons. The number of hydrogen-bond acceptors (Lipinski definition) is 6. The molecule has 3 aromatic carbocycles. The van der Waals surface area contributed by atoms with E-state index in [2.05, 4.69) is 30.6 Å². The summed E-state index contributed by atoms with van der Waals surface area (Å²) in [4.78, 5) is 43.2. The van der Waals surface area contributed by atoms with Crippen molar-refractivity contribution >= 4 is 39.4 Å². The molecule has 38 heavy (non-hydrogen) atoms. The van der Waals surface area contributed by atoms with Crippen molar-refractivity contribution in [3.8, 4) is 23.3 Å². The molecule has 2 amide bonds. The molecule has 8 nitrogen and oxygen atoms in total. The molecule has 0 aromatic heterocycles. The van der Waals surface area contributed by atoms with Crippen LogP contribution in [0.2, 0.25) is 0 Å². The van der Waals surface area contributed by atoms with E-state index in [1.54, 1.807) is 24.3 Å². The fourth-order valence-electron chi connectivity index (χ4n) is 4.51. The number of carbonyl (C=O) groups excluding carboxylic acids is 2. The summed E-state index contributed by atoms with van der Waals surface area (Å²) < 4.78 is 6.14. The van der Waals surface area contributed by atoms with Gasteiger partial charge in [0.1, 0.15) is 11.2 Å². The van der Waals surface area contributed by atoms with Crippen molar-refractivity contribution in [2.45, 2.75) is 13.8 Å². The van der Waals surface area contributed by atoms with E-state index >= 15 is 0 Å². The van der Waals surface area contributed by atoms with Crippen LogP contribution in [-0.4, -0.2) is 29.9 Å². The number of primary amides is 2. The standard InChI is InChI=1S/C30H24N4O4/c1-3-34(4-2)19-9-12-24-26(15-19)38-27-16-25(35)20-10-7-17(13-22(20)28(27)33-24)5-6-18-8-11-21(29(31)36)23(14-18)30(32)37/h7-16H,3-4H2,1-2H3,(H2,31,36)(H2,32,37). The van der Waals surface area contributed by atoms with E-state index in [-0.39, 0.29) is 16.6 Å². The van der Waals surface area contributed by atoms with Crippen LogP contribution < -0.4 is 21.8 Å². The van der Waals surface area contributed by atoms with Gasteiger partial charge in [0.05, 0.1) is 11.1 Å². The van der Waals surface area contributed by atoms with Gasteiger partial charge in [0.15, 0.2) is 16.8 Å². The first-order valence-corrected chi connectivity index (χ1v) is 12.1. The first-order chi connectivity index (χ1) is 18.3. The van der Waals surface area contributed by atoms with E-state index in [1.165, 1.54) is 18.2 Å². The molecule has 4 N–H and O–H groups in total. The van der Waals surface area contributed by atoms with Gasteiger partial charge in [0, 0.05) is 52.8 Å². The van der Waals surface area contributed by atoms with E-state index in [9.17, 15) is 14.4 Å². The highest BCUT2D eigenvalue weighted by atomic mass is 16.3. The van der Waals surface area contributed by atoms with Crippen LogP contribution in [0.4, 0.5) is 5.69 Å². The van der Waals surface area contributed by atoms with E-state index in [0.717, 1.165) is 18.8 Å². The highest BCUT2D eigenvalue weighted by Gasteiger charge is 2.17. The number of rotatable bonds is 5. The summed E-state index contributed by atoms with van der Waals surface area (Å²) in [6.45, 7) is 5.90. The van der Waals surface area contributed by atoms with Crippen LogP contribution in [0.15, 0.2) is 69.9 Å². The van der Waals surface area contributed by atoms with Gasteiger partial charge < -0.3 is 20.8 Å². The Hall–Kier alpha value is -5.16. The first-order valence-electron chi connectivity index (χ1n) is 12.1. The molecule has 8 heteroatoms. The largest absolute Gasteiger partial charge is 0.453 e. The molecule has 3 aromatic rings. The maximum atomic E-state index is 12.9. The molecule has 1 aliphatic heterocycles. The second-order valence-corrected chi connectivity index (χ2v) is 8.76. The average molecular weight is 505 g/mol. The van der Waals surface area contributed by atoms with E-state index < -0.39 is 11.8 Å². The maximum absolute atomic E-state index is 12.9. The lowest BCUT2D eigenvalue weighted by molar-refractivity contribution is 0.0967. The highest BCUT2D eigenvalue weighted by molar-refractivity contribution is 6.06. The number of amides is 2. The fraction of sp³-hybridized carbons (Fsp3) is 0.133. The van der Waals surface area contributed by atoms with E-state index in [1.807, 2.05) is 18.2 Å². The summed E-state index contributed by atoms with van der Waals surface area (Å²) in [6.07, 6.45) is 0. The molecule has 0 saturated heterocycles. The van der Waals surface area contributed by atoms with Gasteiger partial charge in [0.2, 0.25) is 11.8 Å². The predicted molar refractivity (Wildman–Crippen MR) is 147 cm³/mol. The molecule has 0 saturated carbocycles. The highest BCUT2D eigenvalue weighted by Crippen LogP contribution is 2.32. The predicted octanol–water partition coefficient (Wildman–Crippen LogP) is 3.89. The molecule has 0 atom stereocenters. The van der Waals surface area contributed by atoms with Gasteiger partial charge in [0.25, 0.3) is 0 Å². The van der Waals surface area contributed by atoms with Crippen molar-refractivity contribution in [3.63, 3.8) is 0 Å². The van der Waals surface area contributed by atoms with Crippen LogP contribution in [0, 0.1) is 11.8 Å². The Morgan fingerprint density at radius 1 is 0.842 bits per heavy atom. The quantitative estimate of drug-likeness (QED) is 0.212. The number of fused-ring (bicyclic) bond motifs is 4. The van der Waals surface area contributed by atoms with Gasteiger partial charge in [-0.15, -0.1) is 0 Å². The molecule has 188 valence electrons. The van der Waals surface area contributed by atoms with Gasteiger partial charge in [-0.1, -0.05) is 11.8 Å². The molecule has 0 spiro atoms. The Morgan fingerprint density at radius 3 is 2.21 bits per heavy atom. The molecule has 1 heterocycles. The summed E-state index contributed by atoms with van der Waals surface area (Å²) in [5.41, 5.74) is 14.6. The van der Waals surface area contributed by atoms with Gasteiger partial charge in [-0.2, -0.15) is 0 Å². The van der Waals surface area contributed by atoms with Crippen molar-refractivity contribution in [2.75, 3.05) is 18.0 Å². The molecular weight excluding hydrogens is 480 g/mol. The third-order valence-corrected chi connectivity index (χ3v) is 6.46. The fourth-order valence-corrected chi connectivity index (χ4v) is 4.51. The zero-order chi connectivity index (χ0) is 27.0. The molecular formula is C30H24N4O4. The summed E-state index contributed by atoms with van der Waals surface area (Å²) in [6, 6.07) is 17.0. The van der Waals surface area contributed by atoms with Gasteiger partial charge >= 0.3 is 0 Å². The molecule has 1 aliphatic carbocycles. The molecule has 0 unspecified atom stereocenters. The smallest absolute Gasteiger partial charge is 0.249 e. The van der Waals surface area contributed by atoms with Crippen LogP contribution in [0.3, 0.4) is 0 Å². The van der Waals surface area contributed by atoms with Crippen molar-refractivity contribution in [1.82, 2.24) is 4.98 Å². The number of anilines is 1.